The number of carbonyl (C=O) groups excluding carboxylic acids is 1. The number of rotatable bonds is 3. The molecule has 6 nitrogen and oxygen atoms in total. The van der Waals surface area contributed by atoms with E-state index in [9.17, 15) is 17.6 Å². The minimum Gasteiger partial charge on any atom is -0.340 e. The Hall–Kier alpha value is -2.22. The van der Waals surface area contributed by atoms with Crippen molar-refractivity contribution in [3.63, 3.8) is 0 Å². The quantitative estimate of drug-likeness (QED) is 0.838. The van der Waals surface area contributed by atoms with E-state index in [1.165, 1.54) is 27.8 Å². The molecule has 1 fully saturated rings. The van der Waals surface area contributed by atoms with Crippen molar-refractivity contribution in [2.75, 3.05) is 18.8 Å². The molecule has 2 aromatic rings. The van der Waals surface area contributed by atoms with Crippen LogP contribution in [-0.4, -0.2) is 47.8 Å². The molecule has 1 atom stereocenters. The van der Waals surface area contributed by atoms with Gasteiger partial charge in [0.05, 0.1) is 11.0 Å². The average molecular weight is 351 g/mol. The number of nitrogens with zero attached hydrogens (tertiary/aromatic N) is 3. The van der Waals surface area contributed by atoms with Gasteiger partial charge >= 0.3 is 0 Å². The smallest absolute Gasteiger partial charge is 0.244 e. The fourth-order valence-electron chi connectivity index (χ4n) is 2.91. The fourth-order valence-corrected chi connectivity index (χ4v) is 4.71. The van der Waals surface area contributed by atoms with Crippen LogP contribution in [0, 0.1) is 5.82 Å². The Labute approximate surface area is 139 Å². The van der Waals surface area contributed by atoms with Gasteiger partial charge in [0.15, 0.2) is 9.84 Å². The van der Waals surface area contributed by atoms with Gasteiger partial charge in [-0.05, 0) is 18.6 Å². The molecule has 0 bridgehead atoms. The van der Waals surface area contributed by atoms with E-state index < -0.39 is 20.9 Å². The van der Waals surface area contributed by atoms with Crippen LogP contribution in [-0.2, 0) is 21.2 Å². The molecule has 0 aliphatic carbocycles. The summed E-state index contributed by atoms with van der Waals surface area (Å²) < 4.78 is 40.5. The van der Waals surface area contributed by atoms with Gasteiger partial charge in [0.1, 0.15) is 12.4 Å². The Bertz CT molecular complexity index is 821. The molecule has 1 aromatic heterocycles. The normalized spacial score (nSPS) is 20.5. The standard InChI is InChI=1S/C16H18FN3O3S/c17-14-5-2-1-4-13(14)15-6-9-19(10-11-24(15,22)23)16(21)12-20-8-3-7-18-20/h1-5,7-8,15H,6,9-12H2. The summed E-state index contributed by atoms with van der Waals surface area (Å²) in [7, 11) is -3.52. The summed E-state index contributed by atoms with van der Waals surface area (Å²) >= 11 is 0. The fraction of sp³-hybridized carbons (Fsp3) is 0.375. The molecule has 1 unspecified atom stereocenters. The van der Waals surface area contributed by atoms with Gasteiger partial charge in [0.25, 0.3) is 0 Å². The average Bonchev–Trinajstić information content (AvgIpc) is 2.98. The maximum Gasteiger partial charge on any atom is 0.244 e. The van der Waals surface area contributed by atoms with Crippen LogP contribution in [0.2, 0.25) is 0 Å². The molecular weight excluding hydrogens is 333 g/mol. The zero-order valence-corrected chi connectivity index (χ0v) is 13.8. The molecule has 24 heavy (non-hydrogen) atoms. The van der Waals surface area contributed by atoms with E-state index in [4.69, 9.17) is 0 Å². The van der Waals surface area contributed by atoms with Crippen molar-refractivity contribution in [2.45, 2.75) is 18.2 Å². The minimum atomic E-state index is -3.52. The molecule has 1 amide bonds. The van der Waals surface area contributed by atoms with Crippen LogP contribution in [0.5, 0.6) is 0 Å². The molecule has 128 valence electrons. The van der Waals surface area contributed by atoms with Gasteiger partial charge in [-0.15, -0.1) is 0 Å². The first-order valence-corrected chi connectivity index (χ1v) is 9.40. The van der Waals surface area contributed by atoms with Gasteiger partial charge in [0.2, 0.25) is 5.91 Å². The first kappa shape index (κ1) is 16.6. The maximum atomic E-state index is 14.0. The zero-order valence-electron chi connectivity index (χ0n) is 13.0. The van der Waals surface area contributed by atoms with Crippen LogP contribution in [0.3, 0.4) is 0 Å². The number of amides is 1. The first-order chi connectivity index (χ1) is 11.5. The van der Waals surface area contributed by atoms with E-state index in [0.717, 1.165) is 0 Å². The van der Waals surface area contributed by atoms with Crippen LogP contribution >= 0.6 is 0 Å². The van der Waals surface area contributed by atoms with Crippen LogP contribution < -0.4 is 0 Å². The third-order valence-electron chi connectivity index (χ3n) is 4.20. The predicted octanol–water partition coefficient (Wildman–Crippen LogP) is 1.41. The van der Waals surface area contributed by atoms with Crippen LogP contribution in [0.4, 0.5) is 4.39 Å². The summed E-state index contributed by atoms with van der Waals surface area (Å²) in [6.45, 7) is 0.461. The van der Waals surface area contributed by atoms with Crippen molar-refractivity contribution in [1.82, 2.24) is 14.7 Å². The Morgan fingerprint density at radius 1 is 1.25 bits per heavy atom. The van der Waals surface area contributed by atoms with Crippen molar-refractivity contribution in [3.8, 4) is 0 Å². The summed E-state index contributed by atoms with van der Waals surface area (Å²) in [6, 6.07) is 7.63. The van der Waals surface area contributed by atoms with Gasteiger partial charge in [-0.3, -0.25) is 9.48 Å². The third-order valence-corrected chi connectivity index (χ3v) is 6.31. The van der Waals surface area contributed by atoms with Gasteiger partial charge in [-0.1, -0.05) is 18.2 Å². The largest absolute Gasteiger partial charge is 0.340 e. The summed E-state index contributed by atoms with van der Waals surface area (Å²) in [5.41, 5.74) is 0.180. The van der Waals surface area contributed by atoms with Crippen molar-refractivity contribution < 1.29 is 17.6 Å². The number of aromatic nitrogens is 2. The van der Waals surface area contributed by atoms with Gasteiger partial charge in [0, 0.05) is 31.0 Å². The lowest BCUT2D eigenvalue weighted by Crippen LogP contribution is -2.36. The first-order valence-electron chi connectivity index (χ1n) is 7.68. The Kier molecular flexibility index (Phi) is 4.66. The highest BCUT2D eigenvalue weighted by Gasteiger charge is 2.34. The molecule has 1 aromatic carbocycles. The molecule has 2 heterocycles. The summed E-state index contributed by atoms with van der Waals surface area (Å²) in [5, 5.41) is 3.06. The minimum absolute atomic E-state index is 0.0669. The van der Waals surface area contributed by atoms with E-state index in [1.807, 2.05) is 0 Å². The van der Waals surface area contributed by atoms with E-state index >= 15 is 0 Å². The Balaban J connectivity index is 1.77. The number of hydrogen-bond acceptors (Lipinski definition) is 4. The third kappa shape index (κ3) is 3.48. The molecule has 0 saturated carbocycles. The molecule has 1 saturated heterocycles. The molecule has 1 aliphatic rings. The lowest BCUT2D eigenvalue weighted by Gasteiger charge is -2.20. The molecule has 1 aliphatic heterocycles. The second-order valence-corrected chi connectivity index (χ2v) is 8.05. The Morgan fingerprint density at radius 2 is 2.04 bits per heavy atom. The van der Waals surface area contributed by atoms with Crippen molar-refractivity contribution in [2.24, 2.45) is 0 Å². The second-order valence-electron chi connectivity index (χ2n) is 5.75. The second kappa shape index (κ2) is 6.72. The van der Waals surface area contributed by atoms with Crippen LogP contribution in [0.1, 0.15) is 17.2 Å². The molecular formula is C16H18FN3O3S. The maximum absolute atomic E-state index is 14.0. The van der Waals surface area contributed by atoms with Gasteiger partial charge < -0.3 is 4.90 Å². The highest BCUT2D eigenvalue weighted by Crippen LogP contribution is 2.31. The topological polar surface area (TPSA) is 72.3 Å². The van der Waals surface area contributed by atoms with E-state index in [0.29, 0.717) is 0 Å². The molecule has 0 radical (unpaired) electrons. The summed E-state index contributed by atoms with van der Waals surface area (Å²) in [6.07, 6.45) is 3.44. The van der Waals surface area contributed by atoms with Crippen LogP contribution in [0.15, 0.2) is 42.7 Å². The number of sulfone groups is 1. The molecule has 0 spiro atoms. The molecule has 8 heteroatoms. The van der Waals surface area contributed by atoms with Crippen molar-refractivity contribution in [1.29, 1.82) is 0 Å². The number of benzene rings is 1. The highest BCUT2D eigenvalue weighted by molar-refractivity contribution is 7.91. The number of halogens is 1. The van der Waals surface area contributed by atoms with E-state index in [1.54, 1.807) is 24.5 Å². The number of carbonyl (C=O) groups is 1. The van der Waals surface area contributed by atoms with Gasteiger partial charge in [-0.25, -0.2) is 12.8 Å². The SMILES string of the molecule is O=C(Cn1cccn1)N1CCC(c2ccccc2F)S(=O)(=O)CC1. The Morgan fingerprint density at radius 3 is 2.75 bits per heavy atom. The zero-order chi connectivity index (χ0) is 17.2. The van der Waals surface area contributed by atoms with Crippen molar-refractivity contribution in [3.05, 3.63) is 54.1 Å². The van der Waals surface area contributed by atoms with E-state index in [-0.39, 0.29) is 43.3 Å². The molecule has 0 N–H and O–H groups in total. The monoisotopic (exact) mass is 351 g/mol. The number of hydrogen-bond donors (Lipinski definition) is 0. The predicted molar refractivity (Wildman–Crippen MR) is 86.4 cm³/mol. The van der Waals surface area contributed by atoms with Gasteiger partial charge in [-0.2, -0.15) is 5.10 Å². The molecule has 3 rings (SSSR count). The van der Waals surface area contributed by atoms with Crippen LogP contribution in [0.25, 0.3) is 0 Å². The highest BCUT2D eigenvalue weighted by atomic mass is 32.2. The van der Waals surface area contributed by atoms with E-state index in [2.05, 4.69) is 5.10 Å². The summed E-state index contributed by atoms with van der Waals surface area (Å²) in [4.78, 5) is 13.8. The van der Waals surface area contributed by atoms with Crippen molar-refractivity contribution >= 4 is 15.7 Å². The summed E-state index contributed by atoms with van der Waals surface area (Å²) in [5.74, 6) is -0.887. The lowest BCUT2D eigenvalue weighted by molar-refractivity contribution is -0.131. The lowest BCUT2D eigenvalue weighted by atomic mass is 10.1.